The molecule has 0 saturated carbocycles. The van der Waals surface area contributed by atoms with Crippen molar-refractivity contribution in [2.45, 2.75) is 9.42 Å². The van der Waals surface area contributed by atoms with E-state index in [-0.39, 0.29) is 9.42 Å². The summed E-state index contributed by atoms with van der Waals surface area (Å²) in [6.45, 7) is 0. The van der Waals surface area contributed by atoms with Gasteiger partial charge in [-0.3, -0.25) is 0 Å². The van der Waals surface area contributed by atoms with Gasteiger partial charge < -0.3 is 0 Å². The molecule has 0 N–H and O–H groups in total. The molecule has 0 aliphatic carbocycles. The molecule has 0 aliphatic rings. The summed E-state index contributed by atoms with van der Waals surface area (Å²) in [6, 6.07) is 0. The summed E-state index contributed by atoms with van der Waals surface area (Å²) < 4.78 is -0.263. The fourth-order valence-electron chi connectivity index (χ4n) is 0.233. The van der Waals surface area contributed by atoms with E-state index in [1.165, 1.54) is 11.8 Å². The molecule has 0 aromatic heterocycles. The second-order valence-electron chi connectivity index (χ2n) is 1.26. The van der Waals surface area contributed by atoms with E-state index in [2.05, 4.69) is 0 Å². The minimum atomic E-state index is -0.132. The first-order valence-electron chi connectivity index (χ1n) is 2.26. The standard InChI is InChI=1S/C4H6Cl4S/c5-1-3(7)9-4(8)2-6/h3-4H,1-2H2/t3-,4+. The first kappa shape index (κ1) is 10.5. The summed E-state index contributed by atoms with van der Waals surface area (Å²) in [6.07, 6.45) is 0. The van der Waals surface area contributed by atoms with Crippen LogP contribution in [0.3, 0.4) is 0 Å². The molecule has 0 unspecified atom stereocenters. The van der Waals surface area contributed by atoms with Crippen LogP contribution in [0.15, 0.2) is 0 Å². The van der Waals surface area contributed by atoms with E-state index >= 15 is 0 Å². The average Bonchev–Trinajstić information content (AvgIpc) is 1.87. The van der Waals surface area contributed by atoms with Gasteiger partial charge >= 0.3 is 0 Å². The highest BCUT2D eigenvalue weighted by atomic mass is 35.5. The summed E-state index contributed by atoms with van der Waals surface area (Å²) in [5.41, 5.74) is 0. The maximum absolute atomic E-state index is 5.63. The van der Waals surface area contributed by atoms with Crippen molar-refractivity contribution in [3.05, 3.63) is 0 Å². The molecule has 0 rings (SSSR count). The SMILES string of the molecule is ClC[C@@H](Cl)S[C@@H](Cl)CCl. The van der Waals surface area contributed by atoms with Crippen molar-refractivity contribution in [2.24, 2.45) is 0 Å². The van der Waals surface area contributed by atoms with Gasteiger partial charge in [-0.2, -0.15) is 0 Å². The second kappa shape index (κ2) is 6.23. The van der Waals surface area contributed by atoms with Crippen LogP contribution in [-0.2, 0) is 0 Å². The number of rotatable bonds is 4. The van der Waals surface area contributed by atoms with Gasteiger partial charge in [0.15, 0.2) is 0 Å². The van der Waals surface area contributed by atoms with Crippen molar-refractivity contribution in [3.63, 3.8) is 0 Å². The maximum atomic E-state index is 5.63. The van der Waals surface area contributed by atoms with Crippen molar-refractivity contribution in [1.29, 1.82) is 0 Å². The van der Waals surface area contributed by atoms with Crippen LogP contribution in [0.5, 0.6) is 0 Å². The molecule has 0 nitrogen and oxygen atoms in total. The van der Waals surface area contributed by atoms with E-state index in [1.54, 1.807) is 0 Å². The van der Waals surface area contributed by atoms with E-state index < -0.39 is 0 Å². The average molecular weight is 228 g/mol. The van der Waals surface area contributed by atoms with Gasteiger partial charge in [-0.1, -0.05) is 0 Å². The third-order valence-electron chi connectivity index (χ3n) is 0.538. The molecule has 0 aliphatic heterocycles. The smallest absolute Gasteiger partial charge is 0.0938 e. The highest BCUT2D eigenvalue weighted by Crippen LogP contribution is 2.25. The Morgan fingerprint density at radius 1 is 1.00 bits per heavy atom. The molecule has 0 amide bonds. The molecule has 0 aromatic rings. The molecule has 0 radical (unpaired) electrons. The van der Waals surface area contributed by atoms with Crippen LogP contribution in [-0.4, -0.2) is 21.2 Å². The quantitative estimate of drug-likeness (QED) is 0.665. The first-order chi connectivity index (χ1) is 4.20. The number of hydrogen-bond donors (Lipinski definition) is 0. The highest BCUT2D eigenvalue weighted by molar-refractivity contribution is 8.02. The third kappa shape index (κ3) is 5.93. The molecular weight excluding hydrogens is 222 g/mol. The van der Waals surface area contributed by atoms with Crippen molar-refractivity contribution in [1.82, 2.24) is 0 Å². The van der Waals surface area contributed by atoms with Crippen LogP contribution < -0.4 is 0 Å². The number of hydrogen-bond acceptors (Lipinski definition) is 1. The predicted octanol–water partition coefficient (Wildman–Crippen LogP) is 3.33. The Bertz CT molecular complexity index is 61.6. The molecule has 0 aromatic carbocycles. The van der Waals surface area contributed by atoms with E-state index in [0.717, 1.165) is 0 Å². The monoisotopic (exact) mass is 226 g/mol. The molecule has 0 fully saturated rings. The zero-order chi connectivity index (χ0) is 7.28. The molecule has 9 heavy (non-hydrogen) atoms. The lowest BCUT2D eigenvalue weighted by Crippen LogP contribution is -2.02. The van der Waals surface area contributed by atoms with Gasteiger partial charge in [0.05, 0.1) is 9.42 Å². The van der Waals surface area contributed by atoms with E-state index in [4.69, 9.17) is 46.4 Å². The van der Waals surface area contributed by atoms with Crippen LogP contribution >= 0.6 is 58.2 Å². The van der Waals surface area contributed by atoms with E-state index in [1.807, 2.05) is 0 Å². The summed E-state index contributed by atoms with van der Waals surface area (Å²) in [4.78, 5) is 0. The molecular formula is C4H6Cl4S. The van der Waals surface area contributed by atoms with Crippen molar-refractivity contribution >= 4 is 58.2 Å². The normalized spacial score (nSPS) is 17.3. The van der Waals surface area contributed by atoms with Crippen LogP contribution in [0.1, 0.15) is 0 Å². The zero-order valence-electron chi connectivity index (χ0n) is 4.49. The zero-order valence-corrected chi connectivity index (χ0v) is 8.33. The van der Waals surface area contributed by atoms with Crippen molar-refractivity contribution in [2.75, 3.05) is 11.8 Å². The molecule has 2 atom stereocenters. The number of alkyl halides is 4. The summed E-state index contributed by atoms with van der Waals surface area (Å²) in [5, 5.41) is 0. The van der Waals surface area contributed by atoms with Crippen LogP contribution in [0.2, 0.25) is 0 Å². The number of halogens is 4. The Kier molecular flexibility index (Phi) is 7.28. The predicted molar refractivity (Wildman–Crippen MR) is 48.3 cm³/mol. The topological polar surface area (TPSA) is 0 Å². The van der Waals surface area contributed by atoms with Crippen molar-refractivity contribution < 1.29 is 0 Å². The Labute approximate surface area is 79.2 Å². The van der Waals surface area contributed by atoms with Crippen molar-refractivity contribution in [3.8, 4) is 0 Å². The lowest BCUT2D eigenvalue weighted by molar-refractivity contribution is 1.35. The molecule has 0 bridgehead atoms. The molecule has 0 spiro atoms. The lowest BCUT2D eigenvalue weighted by atomic mass is 10.9. The lowest BCUT2D eigenvalue weighted by Gasteiger charge is -2.07. The van der Waals surface area contributed by atoms with E-state index in [9.17, 15) is 0 Å². The Morgan fingerprint density at radius 2 is 1.33 bits per heavy atom. The van der Waals surface area contributed by atoms with Crippen LogP contribution in [0, 0.1) is 0 Å². The van der Waals surface area contributed by atoms with Gasteiger partial charge in [0.2, 0.25) is 0 Å². The second-order valence-corrected chi connectivity index (χ2v) is 4.86. The minimum Gasteiger partial charge on any atom is -0.124 e. The van der Waals surface area contributed by atoms with Crippen LogP contribution in [0.25, 0.3) is 0 Å². The third-order valence-corrected chi connectivity index (χ3v) is 3.69. The largest absolute Gasteiger partial charge is 0.124 e. The molecule has 5 heteroatoms. The minimum absolute atomic E-state index is 0.132. The number of thioether (sulfide) groups is 1. The van der Waals surface area contributed by atoms with E-state index in [0.29, 0.717) is 11.8 Å². The van der Waals surface area contributed by atoms with Gasteiger partial charge in [0.25, 0.3) is 0 Å². The Hall–Kier alpha value is 1.51. The summed E-state index contributed by atoms with van der Waals surface area (Å²) in [5.74, 6) is 0.790. The van der Waals surface area contributed by atoms with Gasteiger partial charge in [-0.05, 0) is 0 Å². The molecule has 0 saturated heterocycles. The van der Waals surface area contributed by atoms with Gasteiger partial charge in [-0.25, -0.2) is 0 Å². The summed E-state index contributed by atoms with van der Waals surface area (Å²) in [7, 11) is 0. The van der Waals surface area contributed by atoms with Crippen LogP contribution in [0.4, 0.5) is 0 Å². The fourth-order valence-corrected chi connectivity index (χ4v) is 2.04. The Balaban J connectivity index is 3.22. The van der Waals surface area contributed by atoms with Gasteiger partial charge in [-0.15, -0.1) is 58.2 Å². The molecule has 0 heterocycles. The first-order valence-corrected chi connectivity index (χ1v) is 5.14. The van der Waals surface area contributed by atoms with Gasteiger partial charge in [0.1, 0.15) is 0 Å². The van der Waals surface area contributed by atoms with Gasteiger partial charge in [0, 0.05) is 11.8 Å². The Morgan fingerprint density at radius 3 is 1.56 bits per heavy atom. The highest BCUT2D eigenvalue weighted by Gasteiger charge is 2.09. The fraction of sp³-hybridized carbons (Fsp3) is 1.00. The summed E-state index contributed by atoms with van der Waals surface area (Å²) >= 11 is 23.4. The maximum Gasteiger partial charge on any atom is 0.0938 e. The molecule has 56 valence electrons.